The van der Waals surface area contributed by atoms with Gasteiger partial charge in [0.1, 0.15) is 23.4 Å². The van der Waals surface area contributed by atoms with Crippen molar-refractivity contribution in [1.29, 1.82) is 0 Å². The van der Waals surface area contributed by atoms with Crippen LogP contribution in [0.3, 0.4) is 0 Å². The summed E-state index contributed by atoms with van der Waals surface area (Å²) in [4.78, 5) is 50.7. The van der Waals surface area contributed by atoms with Gasteiger partial charge in [0.05, 0.1) is 16.0 Å². The second kappa shape index (κ2) is 12.3. The van der Waals surface area contributed by atoms with Crippen LogP contribution in [0.5, 0.6) is 0 Å². The first-order valence-electron chi connectivity index (χ1n) is 14.4. The average molecular weight is 628 g/mol. The lowest BCUT2D eigenvalue weighted by atomic mass is 10.0. The highest BCUT2D eigenvalue weighted by Crippen LogP contribution is 2.37. The fraction of sp³-hybridized carbons (Fsp3) is 0.324. The Bertz CT molecular complexity index is 1840. The molecule has 3 aromatic heterocycles. The number of piperazine rings is 1. The first-order chi connectivity index (χ1) is 21.2. The number of pyridine rings is 2. The lowest BCUT2D eigenvalue weighted by Crippen LogP contribution is -2.53. The highest BCUT2D eigenvalue weighted by atomic mass is 35.5. The molecule has 4 aromatic rings. The molecule has 11 heteroatoms. The number of hydrogen-bond donors (Lipinski definition) is 0. The molecule has 1 aromatic carbocycles. The molecule has 5 rings (SSSR count). The van der Waals surface area contributed by atoms with Crippen LogP contribution >= 0.6 is 11.6 Å². The van der Waals surface area contributed by atoms with Gasteiger partial charge in [-0.15, -0.1) is 0 Å². The molecule has 0 saturated carbocycles. The summed E-state index contributed by atoms with van der Waals surface area (Å²) >= 11 is 7.06. The summed E-state index contributed by atoms with van der Waals surface area (Å²) in [6, 6.07) is 12.8. The van der Waals surface area contributed by atoms with Crippen LogP contribution in [0.4, 0.5) is 15.3 Å². The molecule has 0 bridgehead atoms. The van der Waals surface area contributed by atoms with E-state index in [1.54, 1.807) is 77.2 Å². The smallest absolute Gasteiger partial charge is 0.420 e. The van der Waals surface area contributed by atoms with E-state index in [4.69, 9.17) is 21.1 Å². The third-order valence-corrected chi connectivity index (χ3v) is 7.07. The van der Waals surface area contributed by atoms with Crippen LogP contribution in [0, 0.1) is 11.8 Å². The van der Waals surface area contributed by atoms with Crippen molar-refractivity contribution in [1.82, 2.24) is 19.4 Å². The van der Waals surface area contributed by atoms with E-state index < -0.39 is 23.4 Å². The minimum absolute atomic E-state index is 0.0934. The zero-order chi connectivity index (χ0) is 32.5. The van der Waals surface area contributed by atoms with Crippen molar-refractivity contribution in [3.05, 3.63) is 77.3 Å². The monoisotopic (exact) mass is 627 g/mol. The summed E-state index contributed by atoms with van der Waals surface area (Å²) < 4.78 is 12.4. The molecule has 1 aliphatic heterocycles. The molecule has 1 fully saturated rings. The molecule has 0 radical (unpaired) electrons. The number of aromatic nitrogens is 3. The molecule has 1 aliphatic rings. The van der Waals surface area contributed by atoms with E-state index >= 15 is 0 Å². The second-order valence-electron chi connectivity index (χ2n) is 12.5. The van der Waals surface area contributed by atoms with Crippen LogP contribution in [0.15, 0.2) is 61.1 Å². The van der Waals surface area contributed by atoms with Gasteiger partial charge in [0, 0.05) is 42.9 Å². The minimum atomic E-state index is -0.729. The molecular weight excluding hydrogens is 594 g/mol. The summed E-state index contributed by atoms with van der Waals surface area (Å²) in [5.74, 6) is 5.89. The summed E-state index contributed by atoms with van der Waals surface area (Å²) in [5.41, 5.74) is 1.90. The number of halogens is 1. The molecule has 1 saturated heterocycles. The van der Waals surface area contributed by atoms with Gasteiger partial charge in [-0.05, 0) is 77.3 Å². The molecule has 2 amide bonds. The molecule has 4 heterocycles. The molecule has 0 N–H and O–H groups in total. The third-order valence-electron chi connectivity index (χ3n) is 6.67. The number of amides is 2. The van der Waals surface area contributed by atoms with Gasteiger partial charge in [0.2, 0.25) is 5.91 Å². The van der Waals surface area contributed by atoms with Gasteiger partial charge < -0.3 is 14.4 Å². The number of ether oxygens (including phenoxy) is 2. The minimum Gasteiger partial charge on any atom is -0.444 e. The van der Waals surface area contributed by atoms with Crippen molar-refractivity contribution in [3.8, 4) is 23.0 Å². The Morgan fingerprint density at radius 2 is 1.64 bits per heavy atom. The summed E-state index contributed by atoms with van der Waals surface area (Å²) in [7, 11) is 0. The summed E-state index contributed by atoms with van der Waals surface area (Å²) in [6.45, 7) is 11.2. The van der Waals surface area contributed by atoms with Crippen LogP contribution in [0.2, 0.25) is 5.02 Å². The number of nitrogens with zero attached hydrogens (tertiary/aromatic N) is 5. The first kappa shape index (κ1) is 31.5. The van der Waals surface area contributed by atoms with Crippen molar-refractivity contribution in [2.75, 3.05) is 24.5 Å². The Morgan fingerprint density at radius 3 is 2.31 bits per heavy atom. The highest BCUT2D eigenvalue weighted by molar-refractivity contribution is 6.38. The number of anilines is 1. The molecule has 10 nitrogen and oxygen atoms in total. The van der Waals surface area contributed by atoms with Gasteiger partial charge in [-0.3, -0.25) is 9.69 Å². The molecule has 232 valence electrons. The first-order valence-corrected chi connectivity index (χ1v) is 14.8. The van der Waals surface area contributed by atoms with Gasteiger partial charge in [-0.25, -0.2) is 24.1 Å². The number of benzene rings is 1. The number of carbonyl (C=O) groups is 3. The SMILES string of the molecule is CC(C)(C)OC(=O)N1CCN(c2cccc(-c3cnc4c(c(C#Cc5ccccn5)cn4C(=O)OC(C)(C)C)c3Cl)c2)C(=O)C1. The molecule has 0 aliphatic carbocycles. The quantitative estimate of drug-likeness (QED) is 0.233. The fourth-order valence-corrected chi connectivity index (χ4v) is 5.08. The normalized spacial score (nSPS) is 13.8. The maximum absolute atomic E-state index is 13.1. The fourth-order valence-electron chi connectivity index (χ4n) is 4.74. The van der Waals surface area contributed by atoms with Gasteiger partial charge in [-0.1, -0.05) is 35.7 Å². The Kier molecular flexibility index (Phi) is 8.59. The van der Waals surface area contributed by atoms with Crippen molar-refractivity contribution >= 4 is 46.4 Å². The van der Waals surface area contributed by atoms with Gasteiger partial charge in [0.15, 0.2) is 5.65 Å². The van der Waals surface area contributed by atoms with Gasteiger partial charge in [0.25, 0.3) is 0 Å². The van der Waals surface area contributed by atoms with Crippen LogP contribution in [0.25, 0.3) is 22.2 Å². The van der Waals surface area contributed by atoms with Crippen LogP contribution < -0.4 is 4.90 Å². The Balaban J connectivity index is 1.51. The van der Waals surface area contributed by atoms with E-state index in [-0.39, 0.29) is 12.5 Å². The summed E-state index contributed by atoms with van der Waals surface area (Å²) in [6.07, 6.45) is 3.67. The standard InChI is InChI=1S/C34H34ClN5O5/c1-33(2,3)44-31(42)38-16-17-39(27(41)21-38)25-12-9-10-22(18-25)26-19-37-30-28(29(26)35)23(13-14-24-11-7-8-15-36-24)20-40(30)32(43)45-34(4,5)6/h7-12,15,18-20H,16-17,21H2,1-6H3. The second-order valence-corrected chi connectivity index (χ2v) is 12.9. The lowest BCUT2D eigenvalue weighted by Gasteiger charge is -2.35. The largest absolute Gasteiger partial charge is 0.444 e. The van der Waals surface area contributed by atoms with E-state index in [0.717, 1.165) is 0 Å². The molecule has 0 spiro atoms. The van der Waals surface area contributed by atoms with Crippen molar-refractivity contribution in [2.24, 2.45) is 0 Å². The van der Waals surface area contributed by atoms with E-state index in [0.29, 0.717) is 57.2 Å². The number of carbonyl (C=O) groups excluding carboxylic acids is 3. The number of rotatable bonds is 2. The Morgan fingerprint density at radius 1 is 0.911 bits per heavy atom. The third kappa shape index (κ3) is 7.27. The van der Waals surface area contributed by atoms with E-state index in [1.165, 1.54) is 9.47 Å². The van der Waals surface area contributed by atoms with Crippen molar-refractivity contribution < 1.29 is 23.9 Å². The Labute approximate surface area is 266 Å². The van der Waals surface area contributed by atoms with E-state index in [9.17, 15) is 14.4 Å². The maximum Gasteiger partial charge on any atom is 0.420 e. The zero-order valence-electron chi connectivity index (χ0n) is 26.1. The molecule has 45 heavy (non-hydrogen) atoms. The van der Waals surface area contributed by atoms with Gasteiger partial charge in [-0.2, -0.15) is 0 Å². The van der Waals surface area contributed by atoms with E-state index in [1.807, 2.05) is 30.3 Å². The van der Waals surface area contributed by atoms with Gasteiger partial charge >= 0.3 is 12.2 Å². The highest BCUT2D eigenvalue weighted by Gasteiger charge is 2.31. The predicted octanol–water partition coefficient (Wildman–Crippen LogP) is 6.52. The maximum atomic E-state index is 13.1. The van der Waals surface area contributed by atoms with Crippen LogP contribution in [-0.2, 0) is 14.3 Å². The predicted molar refractivity (Wildman–Crippen MR) is 172 cm³/mol. The average Bonchev–Trinajstić information content (AvgIpc) is 3.35. The van der Waals surface area contributed by atoms with E-state index in [2.05, 4.69) is 21.8 Å². The molecule has 0 atom stereocenters. The number of hydrogen-bond acceptors (Lipinski definition) is 7. The summed E-state index contributed by atoms with van der Waals surface area (Å²) in [5, 5.41) is 0.821. The van der Waals surface area contributed by atoms with Crippen LogP contribution in [0.1, 0.15) is 52.8 Å². The number of fused-ring (bicyclic) bond motifs is 1. The topological polar surface area (TPSA) is 107 Å². The van der Waals surface area contributed by atoms with Crippen molar-refractivity contribution in [3.63, 3.8) is 0 Å². The lowest BCUT2D eigenvalue weighted by molar-refractivity contribution is -0.121. The molecular formula is C34H34ClN5O5. The molecule has 0 unspecified atom stereocenters. The Hall–Kier alpha value is -4.88. The van der Waals surface area contributed by atoms with Crippen LogP contribution in [-0.4, -0.2) is 68.4 Å². The van der Waals surface area contributed by atoms with Crippen molar-refractivity contribution in [2.45, 2.75) is 52.7 Å². The zero-order valence-corrected chi connectivity index (χ0v) is 26.8.